The molecule has 0 radical (unpaired) electrons. The molecule has 2 aliphatic rings. The van der Waals surface area contributed by atoms with Gasteiger partial charge in [-0.2, -0.15) is 13.2 Å². The van der Waals surface area contributed by atoms with Gasteiger partial charge in [-0.3, -0.25) is 4.57 Å². The lowest BCUT2D eigenvalue weighted by atomic mass is 9.79. The molecule has 1 saturated carbocycles. The third-order valence-electron chi connectivity index (χ3n) is 7.75. The molecule has 0 bridgehead atoms. The zero-order valence-corrected chi connectivity index (χ0v) is 22.9. The largest absolute Gasteiger partial charge is 0.489 e. The lowest BCUT2D eigenvalue weighted by molar-refractivity contribution is -0.920. The van der Waals surface area contributed by atoms with Gasteiger partial charge in [-0.15, -0.1) is 0 Å². The van der Waals surface area contributed by atoms with Crippen LogP contribution in [0.1, 0.15) is 68.4 Å². The number of benzene rings is 1. The highest BCUT2D eigenvalue weighted by Crippen LogP contribution is 2.57. The molecule has 3 heterocycles. The molecule has 6 nitrogen and oxygen atoms in total. The van der Waals surface area contributed by atoms with E-state index in [0.29, 0.717) is 22.3 Å². The van der Waals surface area contributed by atoms with Crippen molar-refractivity contribution in [2.45, 2.75) is 75.5 Å². The standard InChI is InChI=1S/C29H35F4N4O2/c1-18(2)38-23-12-13-24(36-16-15-34-27(36)29(31,32)33)35-25(23)21-17-28(39-26(21)37(3,4)5)14-6-7-22(28)19-8-10-20(30)11-9-19/h8-13,15-16,18,21-22,26H,6-7,14,17H2,1-5H3/q+1/t21-,22-,26?,28+/m0/s1. The number of halogens is 4. The highest BCUT2D eigenvalue weighted by molar-refractivity contribution is 5.40. The Labute approximate surface area is 226 Å². The van der Waals surface area contributed by atoms with Gasteiger partial charge in [0.15, 0.2) is 0 Å². The number of hydrogen-bond acceptors (Lipinski definition) is 4. The Morgan fingerprint density at radius 2 is 1.82 bits per heavy atom. The summed E-state index contributed by atoms with van der Waals surface area (Å²) in [5.41, 5.74) is 1.10. The van der Waals surface area contributed by atoms with Crippen molar-refractivity contribution in [2.24, 2.45) is 0 Å². The SMILES string of the molecule is CC(C)Oc1ccc(-n2ccnc2C(F)(F)F)nc1[C@@H]1C[C@@]2(CCC[C@H]2c2ccc(F)cc2)OC1[N+](C)(C)C. The highest BCUT2D eigenvalue weighted by atomic mass is 19.4. The number of hydrogen-bond donors (Lipinski definition) is 0. The second kappa shape index (κ2) is 9.89. The summed E-state index contributed by atoms with van der Waals surface area (Å²) in [4.78, 5) is 8.35. The van der Waals surface area contributed by atoms with Crippen LogP contribution in [0.25, 0.3) is 5.82 Å². The minimum Gasteiger partial charge on any atom is -0.489 e. The summed E-state index contributed by atoms with van der Waals surface area (Å²) in [6, 6.07) is 9.84. The minimum absolute atomic E-state index is 0.0697. The van der Waals surface area contributed by atoms with Crippen LogP contribution in [0.2, 0.25) is 0 Å². The second-order valence-corrected chi connectivity index (χ2v) is 11.8. The maximum atomic E-state index is 13.7. The quantitative estimate of drug-likeness (QED) is 0.263. The van der Waals surface area contributed by atoms with Gasteiger partial charge < -0.3 is 14.0 Å². The number of rotatable bonds is 6. The van der Waals surface area contributed by atoms with Gasteiger partial charge in [0.1, 0.15) is 17.4 Å². The van der Waals surface area contributed by atoms with E-state index < -0.39 is 17.6 Å². The fourth-order valence-electron chi connectivity index (χ4n) is 6.27. The van der Waals surface area contributed by atoms with Gasteiger partial charge in [-0.25, -0.2) is 14.4 Å². The van der Waals surface area contributed by atoms with Gasteiger partial charge in [-0.05, 0) is 69.4 Å². The molecule has 1 saturated heterocycles. The van der Waals surface area contributed by atoms with Crippen molar-refractivity contribution in [1.82, 2.24) is 14.5 Å². The molecule has 0 amide bonds. The molecule has 1 unspecified atom stereocenters. The summed E-state index contributed by atoms with van der Waals surface area (Å²) >= 11 is 0. The molecule has 10 heteroatoms. The fourth-order valence-corrected chi connectivity index (χ4v) is 6.27. The molecule has 5 rings (SSSR count). The molecule has 1 aliphatic heterocycles. The molecule has 0 N–H and O–H groups in total. The van der Waals surface area contributed by atoms with Crippen LogP contribution in [-0.2, 0) is 10.9 Å². The normalized spacial score (nSPS) is 25.6. The lowest BCUT2D eigenvalue weighted by Gasteiger charge is -2.36. The van der Waals surface area contributed by atoms with Crippen molar-refractivity contribution in [1.29, 1.82) is 0 Å². The first-order valence-corrected chi connectivity index (χ1v) is 13.3. The highest BCUT2D eigenvalue weighted by Gasteiger charge is 2.58. The van der Waals surface area contributed by atoms with E-state index in [2.05, 4.69) is 4.98 Å². The topological polar surface area (TPSA) is 49.2 Å². The Kier molecular flexibility index (Phi) is 6.99. The van der Waals surface area contributed by atoms with Crippen molar-refractivity contribution in [3.8, 4) is 11.6 Å². The smallest absolute Gasteiger partial charge is 0.450 e. The number of aromatic nitrogens is 3. The second-order valence-electron chi connectivity index (χ2n) is 11.8. The van der Waals surface area contributed by atoms with E-state index in [4.69, 9.17) is 14.5 Å². The number of pyridine rings is 1. The Morgan fingerprint density at radius 1 is 1.10 bits per heavy atom. The Hall–Kier alpha value is -2.98. The monoisotopic (exact) mass is 547 g/mol. The maximum absolute atomic E-state index is 13.7. The van der Waals surface area contributed by atoms with Crippen molar-refractivity contribution in [3.05, 3.63) is 71.7 Å². The number of quaternary nitrogens is 1. The minimum atomic E-state index is -4.63. The van der Waals surface area contributed by atoms with Crippen molar-refractivity contribution >= 4 is 0 Å². The third kappa shape index (κ3) is 5.28. The number of nitrogens with zero attached hydrogens (tertiary/aromatic N) is 4. The van der Waals surface area contributed by atoms with E-state index in [-0.39, 0.29) is 35.8 Å². The molecule has 1 aromatic carbocycles. The third-order valence-corrected chi connectivity index (χ3v) is 7.75. The molecule has 1 aliphatic carbocycles. The maximum Gasteiger partial charge on any atom is 0.450 e. The number of ether oxygens (including phenoxy) is 2. The summed E-state index contributed by atoms with van der Waals surface area (Å²) in [6.07, 6.45) is 0.607. The van der Waals surface area contributed by atoms with Gasteiger partial charge >= 0.3 is 6.18 Å². The van der Waals surface area contributed by atoms with Crippen LogP contribution < -0.4 is 4.74 Å². The van der Waals surface area contributed by atoms with E-state index in [0.717, 1.165) is 35.6 Å². The predicted molar refractivity (Wildman–Crippen MR) is 138 cm³/mol. The van der Waals surface area contributed by atoms with Crippen LogP contribution in [0.5, 0.6) is 5.75 Å². The summed E-state index contributed by atoms with van der Waals surface area (Å²) in [6.45, 7) is 3.81. The number of likely N-dealkylation sites (N-methyl/N-ethyl adjacent to an activating group) is 1. The number of imidazole rings is 1. The van der Waals surface area contributed by atoms with E-state index >= 15 is 0 Å². The summed E-state index contributed by atoms with van der Waals surface area (Å²) in [5.74, 6) is -0.850. The van der Waals surface area contributed by atoms with Gasteiger partial charge in [0.25, 0.3) is 0 Å². The number of alkyl halides is 3. The zero-order chi connectivity index (χ0) is 28.2. The van der Waals surface area contributed by atoms with Crippen molar-refractivity contribution in [2.75, 3.05) is 21.1 Å². The Balaban J connectivity index is 1.61. The first-order chi connectivity index (χ1) is 18.3. The van der Waals surface area contributed by atoms with Crippen LogP contribution in [-0.4, -0.2) is 58.1 Å². The van der Waals surface area contributed by atoms with Crippen LogP contribution in [0, 0.1) is 5.82 Å². The molecule has 39 heavy (non-hydrogen) atoms. The molecule has 210 valence electrons. The summed E-state index contributed by atoms with van der Waals surface area (Å²) in [5, 5.41) is 0. The van der Waals surface area contributed by atoms with E-state index in [1.54, 1.807) is 6.07 Å². The molecule has 1 spiro atoms. The van der Waals surface area contributed by atoms with Crippen LogP contribution in [0.3, 0.4) is 0 Å². The van der Waals surface area contributed by atoms with Crippen molar-refractivity contribution in [3.63, 3.8) is 0 Å². The molecule has 2 aromatic heterocycles. The van der Waals surface area contributed by atoms with Gasteiger partial charge in [0.2, 0.25) is 12.1 Å². The first kappa shape index (κ1) is 27.6. The fraction of sp³-hybridized carbons (Fsp3) is 0.517. The van der Waals surface area contributed by atoms with E-state index in [1.807, 2.05) is 47.1 Å². The molecule has 3 aromatic rings. The van der Waals surface area contributed by atoms with Crippen LogP contribution in [0.15, 0.2) is 48.8 Å². The summed E-state index contributed by atoms with van der Waals surface area (Å²) in [7, 11) is 6.13. The summed E-state index contributed by atoms with van der Waals surface area (Å²) < 4.78 is 69.3. The van der Waals surface area contributed by atoms with E-state index in [9.17, 15) is 17.6 Å². The zero-order valence-electron chi connectivity index (χ0n) is 22.9. The predicted octanol–water partition coefficient (Wildman–Crippen LogP) is 6.46. The van der Waals surface area contributed by atoms with E-state index in [1.165, 1.54) is 24.4 Å². The Morgan fingerprint density at radius 3 is 2.46 bits per heavy atom. The Bertz CT molecular complexity index is 1320. The van der Waals surface area contributed by atoms with Gasteiger partial charge in [0.05, 0.1) is 44.5 Å². The molecule has 2 fully saturated rings. The molecular formula is C29H35F4N4O2+. The first-order valence-electron chi connectivity index (χ1n) is 13.3. The average Bonchev–Trinajstić information content (AvgIpc) is 3.58. The van der Waals surface area contributed by atoms with Crippen LogP contribution in [0.4, 0.5) is 17.6 Å². The molecular weight excluding hydrogens is 512 g/mol. The lowest BCUT2D eigenvalue weighted by Crippen LogP contribution is -2.49. The molecule has 4 atom stereocenters. The average molecular weight is 548 g/mol. The van der Waals surface area contributed by atoms with Crippen molar-refractivity contribution < 1.29 is 31.5 Å². The van der Waals surface area contributed by atoms with Gasteiger partial charge in [0, 0.05) is 18.3 Å². The van der Waals surface area contributed by atoms with Gasteiger partial charge in [-0.1, -0.05) is 12.1 Å². The van der Waals surface area contributed by atoms with Crippen LogP contribution >= 0.6 is 0 Å².